The van der Waals surface area contributed by atoms with Crippen molar-refractivity contribution >= 4 is 23.2 Å². The van der Waals surface area contributed by atoms with E-state index in [1.807, 2.05) is 24.3 Å². The van der Waals surface area contributed by atoms with Crippen molar-refractivity contribution in [1.82, 2.24) is 4.90 Å². The lowest BCUT2D eigenvalue weighted by Crippen LogP contribution is -2.34. The predicted octanol–water partition coefficient (Wildman–Crippen LogP) is 2.82. The van der Waals surface area contributed by atoms with Crippen molar-refractivity contribution in [1.29, 1.82) is 0 Å². The van der Waals surface area contributed by atoms with E-state index in [4.69, 9.17) is 0 Å². The molecular weight excluding hydrogens is 310 g/mol. The fourth-order valence-corrected chi connectivity index (χ4v) is 2.56. The first-order valence-corrected chi connectivity index (χ1v) is 7.48. The van der Waals surface area contributed by atoms with Crippen LogP contribution in [0.5, 0.6) is 0 Å². The SMILES string of the molecule is CCc1ccc(NCN2C(=O)c3ccc([N+](=O)[O-])cc3C2=O)cc1. The van der Waals surface area contributed by atoms with Crippen LogP contribution in [0.1, 0.15) is 33.2 Å². The zero-order valence-electron chi connectivity index (χ0n) is 13.0. The van der Waals surface area contributed by atoms with Gasteiger partial charge in [-0.3, -0.25) is 24.6 Å². The van der Waals surface area contributed by atoms with Gasteiger partial charge in [0.15, 0.2) is 0 Å². The van der Waals surface area contributed by atoms with E-state index >= 15 is 0 Å². The van der Waals surface area contributed by atoms with Crippen LogP contribution in [-0.4, -0.2) is 28.3 Å². The van der Waals surface area contributed by atoms with Gasteiger partial charge >= 0.3 is 0 Å². The Morgan fingerprint density at radius 2 is 1.71 bits per heavy atom. The van der Waals surface area contributed by atoms with E-state index in [1.165, 1.54) is 17.7 Å². The molecule has 0 fully saturated rings. The first kappa shape index (κ1) is 15.7. The second-order valence-corrected chi connectivity index (χ2v) is 5.41. The van der Waals surface area contributed by atoms with E-state index in [2.05, 4.69) is 12.2 Å². The summed E-state index contributed by atoms with van der Waals surface area (Å²) in [6.07, 6.45) is 0.928. The van der Waals surface area contributed by atoms with Crippen molar-refractivity contribution < 1.29 is 14.5 Å². The number of amides is 2. The maximum Gasteiger partial charge on any atom is 0.270 e. The molecule has 122 valence electrons. The largest absolute Gasteiger partial charge is 0.367 e. The van der Waals surface area contributed by atoms with E-state index < -0.39 is 16.7 Å². The molecule has 3 rings (SSSR count). The van der Waals surface area contributed by atoms with E-state index in [0.717, 1.165) is 23.1 Å². The van der Waals surface area contributed by atoms with Gasteiger partial charge in [0.1, 0.15) is 0 Å². The number of fused-ring (bicyclic) bond motifs is 1. The van der Waals surface area contributed by atoms with Gasteiger partial charge in [-0.25, -0.2) is 0 Å². The van der Waals surface area contributed by atoms with Crippen molar-refractivity contribution in [2.75, 3.05) is 12.0 Å². The highest BCUT2D eigenvalue weighted by Crippen LogP contribution is 2.26. The van der Waals surface area contributed by atoms with Gasteiger partial charge in [-0.2, -0.15) is 0 Å². The first-order chi connectivity index (χ1) is 11.5. The summed E-state index contributed by atoms with van der Waals surface area (Å²) in [7, 11) is 0. The summed E-state index contributed by atoms with van der Waals surface area (Å²) >= 11 is 0. The van der Waals surface area contributed by atoms with Crippen LogP contribution in [0.25, 0.3) is 0 Å². The Bertz CT molecular complexity index is 830. The highest BCUT2D eigenvalue weighted by atomic mass is 16.6. The Kier molecular flexibility index (Phi) is 3.99. The fourth-order valence-electron chi connectivity index (χ4n) is 2.56. The Balaban J connectivity index is 1.76. The van der Waals surface area contributed by atoms with Crippen molar-refractivity contribution in [3.05, 3.63) is 69.3 Å². The molecule has 0 saturated carbocycles. The van der Waals surface area contributed by atoms with E-state index in [9.17, 15) is 19.7 Å². The second-order valence-electron chi connectivity index (χ2n) is 5.41. The third-order valence-electron chi connectivity index (χ3n) is 3.97. The molecule has 0 bridgehead atoms. The summed E-state index contributed by atoms with van der Waals surface area (Å²) < 4.78 is 0. The van der Waals surface area contributed by atoms with Crippen molar-refractivity contribution in [3.8, 4) is 0 Å². The van der Waals surface area contributed by atoms with Crippen LogP contribution >= 0.6 is 0 Å². The van der Waals surface area contributed by atoms with Gasteiger partial charge < -0.3 is 5.32 Å². The number of imide groups is 1. The van der Waals surface area contributed by atoms with Crippen LogP contribution in [0.4, 0.5) is 11.4 Å². The number of anilines is 1. The van der Waals surface area contributed by atoms with Gasteiger partial charge in [-0.05, 0) is 30.2 Å². The minimum Gasteiger partial charge on any atom is -0.367 e. The Hall–Kier alpha value is -3.22. The normalized spacial score (nSPS) is 13.1. The average Bonchev–Trinajstić information content (AvgIpc) is 2.84. The van der Waals surface area contributed by atoms with Crippen LogP contribution in [0.2, 0.25) is 0 Å². The van der Waals surface area contributed by atoms with Gasteiger partial charge in [0, 0.05) is 17.8 Å². The second kappa shape index (κ2) is 6.11. The summed E-state index contributed by atoms with van der Waals surface area (Å²) in [4.78, 5) is 35.9. The van der Waals surface area contributed by atoms with Gasteiger partial charge in [0.2, 0.25) is 0 Å². The monoisotopic (exact) mass is 325 g/mol. The highest BCUT2D eigenvalue weighted by molar-refractivity contribution is 6.21. The van der Waals surface area contributed by atoms with E-state index in [1.54, 1.807) is 0 Å². The standard InChI is InChI=1S/C17H15N3O4/c1-2-11-3-5-12(6-4-11)18-10-19-16(21)14-8-7-13(20(23)24)9-15(14)17(19)22/h3-9,18H,2,10H2,1H3. The van der Waals surface area contributed by atoms with E-state index in [0.29, 0.717) is 0 Å². The van der Waals surface area contributed by atoms with Gasteiger partial charge in [-0.15, -0.1) is 0 Å². The molecule has 0 spiro atoms. The molecule has 0 aliphatic carbocycles. The number of hydrogen-bond acceptors (Lipinski definition) is 5. The summed E-state index contributed by atoms with van der Waals surface area (Å²) in [5.41, 5.74) is 2.02. The van der Waals surface area contributed by atoms with E-state index in [-0.39, 0.29) is 23.5 Å². The number of non-ortho nitro benzene ring substituents is 1. The topological polar surface area (TPSA) is 92.6 Å². The van der Waals surface area contributed by atoms with Crippen molar-refractivity contribution in [3.63, 3.8) is 0 Å². The minimum atomic E-state index is -0.589. The van der Waals surface area contributed by atoms with Crippen LogP contribution in [0.3, 0.4) is 0 Å². The molecule has 1 aliphatic rings. The highest BCUT2D eigenvalue weighted by Gasteiger charge is 2.36. The molecule has 2 aromatic carbocycles. The number of carbonyl (C=O) groups excluding carboxylic acids is 2. The minimum absolute atomic E-state index is 0.00557. The summed E-state index contributed by atoms with van der Waals surface area (Å²) in [5, 5.41) is 13.8. The Labute approximate surface area is 138 Å². The molecule has 0 unspecified atom stereocenters. The maximum atomic E-state index is 12.3. The quantitative estimate of drug-likeness (QED) is 0.518. The number of carbonyl (C=O) groups is 2. The lowest BCUT2D eigenvalue weighted by molar-refractivity contribution is -0.384. The smallest absolute Gasteiger partial charge is 0.270 e. The summed E-state index contributed by atoms with van der Waals surface area (Å²) in [6.45, 7) is 2.06. The van der Waals surface area contributed by atoms with Crippen LogP contribution in [-0.2, 0) is 6.42 Å². The number of aryl methyl sites for hydroxylation is 1. The average molecular weight is 325 g/mol. The zero-order valence-corrected chi connectivity index (χ0v) is 13.0. The molecule has 1 N–H and O–H groups in total. The number of hydrogen-bond donors (Lipinski definition) is 1. The third kappa shape index (κ3) is 2.71. The zero-order chi connectivity index (χ0) is 17.3. The lowest BCUT2D eigenvalue weighted by atomic mass is 10.1. The van der Waals surface area contributed by atoms with Gasteiger partial charge in [0.25, 0.3) is 17.5 Å². The Morgan fingerprint density at radius 3 is 2.33 bits per heavy atom. The molecule has 0 aromatic heterocycles. The van der Waals surface area contributed by atoms with Gasteiger partial charge in [-0.1, -0.05) is 19.1 Å². The van der Waals surface area contributed by atoms with Crippen molar-refractivity contribution in [2.45, 2.75) is 13.3 Å². The van der Waals surface area contributed by atoms with Crippen LogP contribution in [0, 0.1) is 10.1 Å². The predicted molar refractivity (Wildman–Crippen MR) is 87.9 cm³/mol. The molecule has 2 amide bonds. The molecule has 2 aromatic rings. The molecule has 7 heteroatoms. The van der Waals surface area contributed by atoms with Gasteiger partial charge in [0.05, 0.1) is 22.7 Å². The van der Waals surface area contributed by atoms with Crippen LogP contribution < -0.4 is 5.32 Å². The molecule has 0 atom stereocenters. The lowest BCUT2D eigenvalue weighted by Gasteiger charge is -2.15. The number of benzene rings is 2. The number of rotatable bonds is 5. The molecular formula is C17H15N3O4. The number of nitro benzene ring substituents is 1. The number of nitrogens with zero attached hydrogens (tertiary/aromatic N) is 2. The maximum absolute atomic E-state index is 12.3. The van der Waals surface area contributed by atoms with Crippen LogP contribution in [0.15, 0.2) is 42.5 Å². The number of nitrogens with one attached hydrogen (secondary N) is 1. The first-order valence-electron chi connectivity index (χ1n) is 7.48. The molecule has 24 heavy (non-hydrogen) atoms. The molecule has 0 radical (unpaired) electrons. The summed E-state index contributed by atoms with van der Waals surface area (Å²) in [5.74, 6) is -0.987. The van der Waals surface area contributed by atoms with Crippen molar-refractivity contribution in [2.24, 2.45) is 0 Å². The summed E-state index contributed by atoms with van der Waals surface area (Å²) in [6, 6.07) is 11.4. The molecule has 1 aliphatic heterocycles. The fraction of sp³-hybridized carbons (Fsp3) is 0.176. The molecule has 0 saturated heterocycles. The number of nitro groups is 1. The Morgan fingerprint density at radius 1 is 1.04 bits per heavy atom. The molecule has 7 nitrogen and oxygen atoms in total. The molecule has 1 heterocycles. The third-order valence-corrected chi connectivity index (χ3v) is 3.97.